The van der Waals surface area contributed by atoms with Crippen molar-refractivity contribution in [2.24, 2.45) is 0 Å². The van der Waals surface area contributed by atoms with Gasteiger partial charge in [0, 0.05) is 12.2 Å². The highest BCUT2D eigenvalue weighted by Crippen LogP contribution is 2.35. The summed E-state index contributed by atoms with van der Waals surface area (Å²) in [5, 5.41) is 4.55. The molecule has 1 aliphatic heterocycles. The van der Waals surface area contributed by atoms with Gasteiger partial charge in [-0.25, -0.2) is 9.97 Å². The van der Waals surface area contributed by atoms with Gasteiger partial charge in [0.15, 0.2) is 5.75 Å². The van der Waals surface area contributed by atoms with Crippen LogP contribution in [0.3, 0.4) is 0 Å². The SMILES string of the molecule is CCc1[nH]c2nc(Oc3cnc(C)nc3)nc(OC3CCNC3)c2c1Cl. The first-order chi connectivity index (χ1) is 12.6. The molecule has 2 N–H and O–H groups in total. The fourth-order valence-corrected chi connectivity index (χ4v) is 3.21. The van der Waals surface area contributed by atoms with E-state index >= 15 is 0 Å². The number of nitrogens with one attached hydrogen (secondary N) is 2. The van der Waals surface area contributed by atoms with Crippen LogP contribution < -0.4 is 14.8 Å². The zero-order valence-corrected chi connectivity index (χ0v) is 15.3. The Hall–Kier alpha value is -2.45. The maximum absolute atomic E-state index is 6.51. The predicted molar refractivity (Wildman–Crippen MR) is 97.0 cm³/mol. The molecule has 0 saturated carbocycles. The van der Waals surface area contributed by atoms with E-state index in [1.165, 1.54) is 0 Å². The highest BCUT2D eigenvalue weighted by atomic mass is 35.5. The van der Waals surface area contributed by atoms with Gasteiger partial charge < -0.3 is 19.8 Å². The van der Waals surface area contributed by atoms with Gasteiger partial charge in [0.25, 0.3) is 0 Å². The number of ether oxygens (including phenoxy) is 2. The molecule has 4 heterocycles. The number of hydrogen-bond acceptors (Lipinski definition) is 7. The lowest BCUT2D eigenvalue weighted by Crippen LogP contribution is -2.20. The fraction of sp³-hybridized carbons (Fsp3) is 0.412. The van der Waals surface area contributed by atoms with Crippen molar-refractivity contribution in [3.05, 3.63) is 28.9 Å². The van der Waals surface area contributed by atoms with E-state index in [9.17, 15) is 0 Å². The van der Waals surface area contributed by atoms with Gasteiger partial charge in [0.05, 0.1) is 17.4 Å². The van der Waals surface area contributed by atoms with Crippen molar-refractivity contribution in [1.82, 2.24) is 30.2 Å². The molecule has 136 valence electrons. The number of aromatic amines is 1. The van der Waals surface area contributed by atoms with Gasteiger partial charge in [-0.15, -0.1) is 0 Å². The minimum absolute atomic E-state index is 0.0414. The van der Waals surface area contributed by atoms with E-state index < -0.39 is 0 Å². The third-order valence-electron chi connectivity index (χ3n) is 4.22. The number of aryl methyl sites for hydroxylation is 2. The van der Waals surface area contributed by atoms with E-state index in [0.717, 1.165) is 31.6 Å². The van der Waals surface area contributed by atoms with Crippen molar-refractivity contribution in [3.8, 4) is 17.6 Å². The van der Waals surface area contributed by atoms with Crippen LogP contribution in [-0.4, -0.2) is 44.1 Å². The lowest BCUT2D eigenvalue weighted by molar-refractivity contribution is 0.214. The van der Waals surface area contributed by atoms with Crippen molar-refractivity contribution in [3.63, 3.8) is 0 Å². The van der Waals surface area contributed by atoms with Crippen LogP contribution in [0.15, 0.2) is 12.4 Å². The zero-order valence-electron chi connectivity index (χ0n) is 14.5. The number of rotatable bonds is 5. The van der Waals surface area contributed by atoms with Gasteiger partial charge in [-0.1, -0.05) is 18.5 Å². The predicted octanol–water partition coefficient (Wildman–Crippen LogP) is 2.81. The van der Waals surface area contributed by atoms with Crippen LogP contribution >= 0.6 is 11.6 Å². The first-order valence-corrected chi connectivity index (χ1v) is 8.93. The molecule has 1 fully saturated rings. The second-order valence-electron chi connectivity index (χ2n) is 6.11. The molecule has 8 nitrogen and oxygen atoms in total. The summed E-state index contributed by atoms with van der Waals surface area (Å²) in [5.74, 6) is 1.54. The van der Waals surface area contributed by atoms with E-state index in [0.29, 0.717) is 33.5 Å². The maximum Gasteiger partial charge on any atom is 0.327 e. The molecule has 1 aliphatic rings. The third-order valence-corrected chi connectivity index (χ3v) is 4.64. The largest absolute Gasteiger partial charge is 0.472 e. The molecule has 9 heteroatoms. The van der Waals surface area contributed by atoms with E-state index in [1.807, 2.05) is 6.92 Å². The average molecular weight is 375 g/mol. The van der Waals surface area contributed by atoms with Crippen molar-refractivity contribution >= 4 is 22.6 Å². The van der Waals surface area contributed by atoms with E-state index in [-0.39, 0.29) is 12.1 Å². The van der Waals surface area contributed by atoms with Gasteiger partial charge in [-0.05, 0) is 26.3 Å². The van der Waals surface area contributed by atoms with Crippen LogP contribution in [0.1, 0.15) is 24.9 Å². The average Bonchev–Trinajstić information content (AvgIpc) is 3.25. The van der Waals surface area contributed by atoms with Crippen LogP contribution in [0, 0.1) is 6.92 Å². The highest BCUT2D eigenvalue weighted by molar-refractivity contribution is 6.36. The van der Waals surface area contributed by atoms with Gasteiger partial charge >= 0.3 is 6.01 Å². The lowest BCUT2D eigenvalue weighted by atomic mass is 10.3. The Balaban J connectivity index is 1.74. The molecule has 4 rings (SSSR count). The Bertz CT molecular complexity index is 921. The monoisotopic (exact) mass is 374 g/mol. The summed E-state index contributed by atoms with van der Waals surface area (Å²) in [6.07, 6.45) is 4.87. The van der Waals surface area contributed by atoms with E-state index in [4.69, 9.17) is 21.1 Å². The molecular weight excluding hydrogens is 356 g/mol. The van der Waals surface area contributed by atoms with Crippen LogP contribution in [-0.2, 0) is 6.42 Å². The number of nitrogens with zero attached hydrogens (tertiary/aromatic N) is 4. The minimum atomic E-state index is 0.0414. The summed E-state index contributed by atoms with van der Waals surface area (Å²) in [4.78, 5) is 20.3. The molecule has 3 aromatic rings. The summed E-state index contributed by atoms with van der Waals surface area (Å²) in [7, 11) is 0. The number of fused-ring (bicyclic) bond motifs is 1. The smallest absolute Gasteiger partial charge is 0.327 e. The molecule has 26 heavy (non-hydrogen) atoms. The molecule has 3 aromatic heterocycles. The third kappa shape index (κ3) is 3.30. The first kappa shape index (κ1) is 17.0. The van der Waals surface area contributed by atoms with Gasteiger partial charge in [0.2, 0.25) is 5.88 Å². The first-order valence-electron chi connectivity index (χ1n) is 8.56. The second-order valence-corrected chi connectivity index (χ2v) is 6.48. The number of hydrogen-bond donors (Lipinski definition) is 2. The number of H-pyrrole nitrogens is 1. The number of halogens is 1. The lowest BCUT2D eigenvalue weighted by Gasteiger charge is -2.13. The maximum atomic E-state index is 6.51. The molecule has 0 spiro atoms. The molecule has 0 aromatic carbocycles. The molecule has 0 radical (unpaired) electrons. The van der Waals surface area contributed by atoms with Crippen molar-refractivity contribution < 1.29 is 9.47 Å². The summed E-state index contributed by atoms with van der Waals surface area (Å²) in [6, 6.07) is 0.159. The molecule has 0 bridgehead atoms. The van der Waals surface area contributed by atoms with Crippen LogP contribution in [0.25, 0.3) is 11.0 Å². The Morgan fingerprint density at radius 1 is 1.27 bits per heavy atom. The summed E-state index contributed by atoms with van der Waals surface area (Å²) in [6.45, 7) is 5.52. The Kier molecular flexibility index (Phi) is 4.60. The van der Waals surface area contributed by atoms with E-state index in [1.54, 1.807) is 19.3 Å². The normalized spacial score (nSPS) is 17.0. The Morgan fingerprint density at radius 2 is 2.08 bits per heavy atom. The van der Waals surface area contributed by atoms with Crippen molar-refractivity contribution in [1.29, 1.82) is 0 Å². The molecule has 1 atom stereocenters. The highest BCUT2D eigenvalue weighted by Gasteiger charge is 2.23. The second kappa shape index (κ2) is 7.05. The van der Waals surface area contributed by atoms with Crippen molar-refractivity contribution in [2.45, 2.75) is 32.8 Å². The molecule has 0 aliphatic carbocycles. The quantitative estimate of drug-likeness (QED) is 0.708. The zero-order chi connectivity index (χ0) is 18.1. The molecular formula is C17H19ClN6O2. The summed E-state index contributed by atoms with van der Waals surface area (Å²) in [5.41, 5.74) is 1.48. The molecule has 1 unspecified atom stereocenters. The van der Waals surface area contributed by atoms with Crippen molar-refractivity contribution in [2.75, 3.05) is 13.1 Å². The topological polar surface area (TPSA) is 97.8 Å². The fourth-order valence-electron chi connectivity index (χ4n) is 2.86. The summed E-state index contributed by atoms with van der Waals surface area (Å²) < 4.78 is 11.8. The van der Waals surface area contributed by atoms with Crippen LogP contribution in [0.4, 0.5) is 0 Å². The summed E-state index contributed by atoms with van der Waals surface area (Å²) >= 11 is 6.51. The molecule has 0 amide bonds. The number of aromatic nitrogens is 5. The minimum Gasteiger partial charge on any atom is -0.472 e. The van der Waals surface area contributed by atoms with Gasteiger partial charge in [0.1, 0.15) is 23.0 Å². The van der Waals surface area contributed by atoms with Gasteiger partial charge in [-0.3, -0.25) is 0 Å². The Labute approximate surface area is 155 Å². The molecule has 1 saturated heterocycles. The Morgan fingerprint density at radius 3 is 2.77 bits per heavy atom. The van der Waals surface area contributed by atoms with E-state index in [2.05, 4.69) is 30.2 Å². The van der Waals surface area contributed by atoms with Crippen LogP contribution in [0.2, 0.25) is 5.02 Å². The van der Waals surface area contributed by atoms with Gasteiger partial charge in [-0.2, -0.15) is 9.97 Å². The standard InChI is InChI=1S/C17H19ClN6O2/c1-3-12-14(18)13-15(22-12)23-17(26-11-7-20-9(2)21-8-11)24-16(13)25-10-4-5-19-6-10/h7-8,10,19H,3-6H2,1-2H3,(H,22,23,24). The van der Waals surface area contributed by atoms with Crippen LogP contribution in [0.5, 0.6) is 17.6 Å².